The van der Waals surface area contributed by atoms with E-state index in [0.29, 0.717) is 22.4 Å². The summed E-state index contributed by atoms with van der Waals surface area (Å²) < 4.78 is 12.7. The van der Waals surface area contributed by atoms with Crippen molar-refractivity contribution in [1.82, 2.24) is 0 Å². The quantitative estimate of drug-likeness (QED) is 0.249. The number of thiocarbonyl (C=S) groups is 1. The van der Waals surface area contributed by atoms with Crippen molar-refractivity contribution in [1.29, 1.82) is 0 Å². The molecule has 0 atom stereocenters. The lowest BCUT2D eigenvalue weighted by atomic mass is 10.2. The van der Waals surface area contributed by atoms with Crippen molar-refractivity contribution in [2.75, 3.05) is 11.5 Å². The number of amides is 1. The predicted molar refractivity (Wildman–Crippen MR) is 138 cm³/mol. The van der Waals surface area contributed by atoms with Crippen LogP contribution in [0.1, 0.15) is 18.1 Å². The molecule has 0 saturated carbocycles. The average molecular weight is 526 g/mol. The molecule has 3 aromatic carbocycles. The Morgan fingerprint density at radius 2 is 1.78 bits per heavy atom. The summed E-state index contributed by atoms with van der Waals surface area (Å²) in [4.78, 5) is 15.2. The third kappa shape index (κ3) is 5.23. The first-order chi connectivity index (χ1) is 15.5. The molecule has 0 aromatic heterocycles. The van der Waals surface area contributed by atoms with E-state index in [4.69, 9.17) is 21.7 Å². The lowest BCUT2D eigenvalue weighted by Crippen LogP contribution is -2.27. The Kier molecular flexibility index (Phi) is 7.29. The largest absolute Gasteiger partial charge is 0.494 e. The van der Waals surface area contributed by atoms with Crippen LogP contribution in [0.15, 0.2) is 82.2 Å². The number of thioether (sulfide) groups is 1. The minimum absolute atomic E-state index is 0.135. The topological polar surface area (TPSA) is 38.8 Å². The molecule has 162 valence electrons. The van der Waals surface area contributed by atoms with E-state index in [1.54, 1.807) is 4.90 Å². The van der Waals surface area contributed by atoms with E-state index in [1.165, 1.54) is 11.8 Å². The molecular weight excluding hydrogens is 506 g/mol. The predicted octanol–water partition coefficient (Wildman–Crippen LogP) is 6.83. The Bertz CT molecular complexity index is 1160. The zero-order chi connectivity index (χ0) is 22.5. The molecule has 1 aliphatic rings. The number of halogens is 1. The summed E-state index contributed by atoms with van der Waals surface area (Å²) >= 11 is 10.3. The van der Waals surface area contributed by atoms with Crippen LogP contribution in [0.3, 0.4) is 0 Å². The van der Waals surface area contributed by atoms with Crippen LogP contribution in [0, 0.1) is 0 Å². The van der Waals surface area contributed by atoms with Crippen LogP contribution in [0.2, 0.25) is 0 Å². The van der Waals surface area contributed by atoms with Crippen LogP contribution >= 0.6 is 39.9 Å². The maximum Gasteiger partial charge on any atom is 0.270 e. The second kappa shape index (κ2) is 10.3. The molecule has 1 fully saturated rings. The van der Waals surface area contributed by atoms with Crippen LogP contribution in [0.4, 0.5) is 5.69 Å². The Balaban J connectivity index is 1.48. The Morgan fingerprint density at radius 3 is 2.47 bits per heavy atom. The first-order valence-corrected chi connectivity index (χ1v) is 12.0. The summed E-state index contributed by atoms with van der Waals surface area (Å²) in [6.45, 7) is 3.01. The molecule has 1 heterocycles. The van der Waals surface area contributed by atoms with Gasteiger partial charge in [0.15, 0.2) is 4.32 Å². The Hall–Kier alpha value is -2.61. The summed E-state index contributed by atoms with van der Waals surface area (Å²) in [6, 6.07) is 23.1. The highest BCUT2D eigenvalue weighted by Crippen LogP contribution is 2.37. The standard InChI is InChI=1S/C25H20BrNO3S2/c1-2-29-20-11-9-19(10-12-20)27-24(28)23(32-25(27)31)15-18-8-13-22(21(26)14-18)30-16-17-6-4-3-5-7-17/h3-15H,2,16H2,1H3/b23-15+. The van der Waals surface area contributed by atoms with Crippen molar-refractivity contribution in [2.45, 2.75) is 13.5 Å². The van der Waals surface area contributed by atoms with Crippen molar-refractivity contribution in [3.05, 3.63) is 93.3 Å². The van der Waals surface area contributed by atoms with Gasteiger partial charge in [0.1, 0.15) is 18.1 Å². The monoisotopic (exact) mass is 525 g/mol. The molecule has 7 heteroatoms. The molecule has 0 radical (unpaired) electrons. The van der Waals surface area contributed by atoms with E-state index in [0.717, 1.165) is 32.8 Å². The summed E-state index contributed by atoms with van der Waals surface area (Å²) in [5, 5.41) is 0. The number of ether oxygens (including phenoxy) is 2. The first kappa shape index (κ1) is 22.6. The van der Waals surface area contributed by atoms with Crippen LogP contribution < -0.4 is 14.4 Å². The van der Waals surface area contributed by atoms with E-state index in [1.807, 2.05) is 85.8 Å². The number of benzene rings is 3. The van der Waals surface area contributed by atoms with Gasteiger partial charge in [0.2, 0.25) is 0 Å². The van der Waals surface area contributed by atoms with Gasteiger partial charge in [0.05, 0.1) is 21.7 Å². The van der Waals surface area contributed by atoms with Crippen molar-refractivity contribution < 1.29 is 14.3 Å². The molecule has 4 rings (SSSR count). The van der Waals surface area contributed by atoms with E-state index in [9.17, 15) is 4.79 Å². The van der Waals surface area contributed by atoms with E-state index < -0.39 is 0 Å². The van der Waals surface area contributed by atoms with Crippen LogP contribution in [0.25, 0.3) is 6.08 Å². The fraction of sp³-hybridized carbons (Fsp3) is 0.120. The summed E-state index contributed by atoms with van der Waals surface area (Å²) in [5.41, 5.74) is 2.71. The summed E-state index contributed by atoms with van der Waals surface area (Å²) in [6.07, 6.45) is 1.85. The minimum Gasteiger partial charge on any atom is -0.494 e. The van der Waals surface area contributed by atoms with Gasteiger partial charge >= 0.3 is 0 Å². The van der Waals surface area contributed by atoms with Crippen molar-refractivity contribution >= 4 is 61.9 Å². The van der Waals surface area contributed by atoms with Gasteiger partial charge in [-0.1, -0.05) is 60.4 Å². The molecule has 0 unspecified atom stereocenters. The third-order valence-corrected chi connectivity index (χ3v) is 6.61. The third-order valence-electron chi connectivity index (χ3n) is 4.69. The highest BCUT2D eigenvalue weighted by atomic mass is 79.9. The van der Waals surface area contributed by atoms with E-state index >= 15 is 0 Å². The van der Waals surface area contributed by atoms with Crippen LogP contribution in [-0.4, -0.2) is 16.8 Å². The van der Waals surface area contributed by atoms with Gasteiger partial charge in [-0.2, -0.15) is 0 Å². The second-order valence-electron chi connectivity index (χ2n) is 6.91. The SMILES string of the molecule is CCOc1ccc(N2C(=O)/C(=C\c3ccc(OCc4ccccc4)c(Br)c3)SC2=S)cc1. The van der Waals surface area contributed by atoms with Gasteiger partial charge in [0.25, 0.3) is 5.91 Å². The van der Waals surface area contributed by atoms with E-state index in [-0.39, 0.29) is 5.91 Å². The molecule has 1 saturated heterocycles. The highest BCUT2D eigenvalue weighted by molar-refractivity contribution is 9.10. The van der Waals surface area contributed by atoms with Crippen LogP contribution in [0.5, 0.6) is 11.5 Å². The number of nitrogens with zero attached hydrogens (tertiary/aromatic N) is 1. The molecule has 0 N–H and O–H groups in total. The number of hydrogen-bond donors (Lipinski definition) is 0. The molecule has 0 bridgehead atoms. The number of carbonyl (C=O) groups is 1. The smallest absolute Gasteiger partial charge is 0.270 e. The number of hydrogen-bond acceptors (Lipinski definition) is 5. The first-order valence-electron chi connectivity index (χ1n) is 10.0. The number of carbonyl (C=O) groups excluding carboxylic acids is 1. The zero-order valence-electron chi connectivity index (χ0n) is 17.3. The zero-order valence-corrected chi connectivity index (χ0v) is 20.5. The summed E-state index contributed by atoms with van der Waals surface area (Å²) in [5.74, 6) is 1.37. The highest BCUT2D eigenvalue weighted by Gasteiger charge is 2.33. The number of rotatable bonds is 7. The molecule has 0 aliphatic carbocycles. The minimum atomic E-state index is -0.135. The Labute approximate surface area is 205 Å². The Morgan fingerprint density at radius 1 is 1.03 bits per heavy atom. The number of anilines is 1. The van der Waals surface area contributed by atoms with Gasteiger partial charge in [-0.25, -0.2) is 0 Å². The fourth-order valence-electron chi connectivity index (χ4n) is 3.16. The van der Waals surface area contributed by atoms with Crippen LogP contribution in [-0.2, 0) is 11.4 Å². The molecule has 32 heavy (non-hydrogen) atoms. The second-order valence-corrected chi connectivity index (χ2v) is 9.44. The lowest BCUT2D eigenvalue weighted by molar-refractivity contribution is -0.113. The molecule has 4 nitrogen and oxygen atoms in total. The average Bonchev–Trinajstić information content (AvgIpc) is 3.07. The molecule has 1 amide bonds. The molecular formula is C25H20BrNO3S2. The molecule has 1 aliphatic heterocycles. The normalized spacial score (nSPS) is 14.8. The van der Waals surface area contributed by atoms with Crippen molar-refractivity contribution in [3.8, 4) is 11.5 Å². The van der Waals surface area contributed by atoms with E-state index in [2.05, 4.69) is 15.9 Å². The van der Waals surface area contributed by atoms with Gasteiger partial charge < -0.3 is 9.47 Å². The van der Waals surface area contributed by atoms with Crippen molar-refractivity contribution in [2.24, 2.45) is 0 Å². The fourth-order valence-corrected chi connectivity index (χ4v) is 4.97. The molecule has 3 aromatic rings. The maximum absolute atomic E-state index is 13.0. The lowest BCUT2D eigenvalue weighted by Gasteiger charge is -2.15. The van der Waals surface area contributed by atoms with Gasteiger partial charge in [0, 0.05) is 0 Å². The maximum atomic E-state index is 13.0. The van der Waals surface area contributed by atoms with Gasteiger partial charge in [-0.15, -0.1) is 0 Å². The molecule has 0 spiro atoms. The van der Waals surface area contributed by atoms with Gasteiger partial charge in [-0.3, -0.25) is 9.69 Å². The van der Waals surface area contributed by atoms with Gasteiger partial charge in [-0.05, 0) is 76.5 Å². The summed E-state index contributed by atoms with van der Waals surface area (Å²) in [7, 11) is 0. The van der Waals surface area contributed by atoms with Crippen molar-refractivity contribution in [3.63, 3.8) is 0 Å².